The highest BCUT2D eigenvalue weighted by atomic mass is 16.5. The monoisotopic (exact) mass is 368 g/mol. The van der Waals surface area contributed by atoms with Gasteiger partial charge in [-0.15, -0.1) is 0 Å². The predicted octanol–water partition coefficient (Wildman–Crippen LogP) is 6.49. The molecule has 0 spiro atoms. The van der Waals surface area contributed by atoms with Crippen molar-refractivity contribution in [1.82, 2.24) is 0 Å². The normalized spacial score (nSPS) is 18.5. The van der Waals surface area contributed by atoms with Crippen molar-refractivity contribution in [2.75, 3.05) is 0 Å². The molecule has 1 atom stereocenters. The first-order valence-corrected chi connectivity index (χ1v) is 10.3. The molecule has 1 fully saturated rings. The third-order valence-electron chi connectivity index (χ3n) is 5.59. The quantitative estimate of drug-likeness (QED) is 0.463. The lowest BCUT2D eigenvalue weighted by molar-refractivity contribution is -0.0390. The SMILES string of the molecule is C(=C\c1ccccc1)/CC1CCC(Cc2ccccc2)(Cc2ccccc2)O1. The van der Waals surface area contributed by atoms with E-state index in [1.165, 1.54) is 16.7 Å². The molecule has 1 nitrogen and oxygen atoms in total. The van der Waals surface area contributed by atoms with Gasteiger partial charge in [0.05, 0.1) is 11.7 Å². The molecule has 1 unspecified atom stereocenters. The number of ether oxygens (including phenoxy) is 1. The summed E-state index contributed by atoms with van der Waals surface area (Å²) in [6.07, 6.45) is 9.93. The van der Waals surface area contributed by atoms with Gasteiger partial charge in [-0.25, -0.2) is 0 Å². The minimum Gasteiger partial charge on any atom is -0.371 e. The first-order valence-electron chi connectivity index (χ1n) is 10.3. The van der Waals surface area contributed by atoms with E-state index in [0.29, 0.717) is 6.10 Å². The molecule has 3 aromatic rings. The van der Waals surface area contributed by atoms with Crippen LogP contribution in [0, 0.1) is 0 Å². The van der Waals surface area contributed by atoms with Crippen molar-refractivity contribution in [3.63, 3.8) is 0 Å². The third kappa shape index (κ3) is 4.99. The van der Waals surface area contributed by atoms with Crippen molar-refractivity contribution < 1.29 is 4.74 Å². The molecule has 0 bridgehead atoms. The van der Waals surface area contributed by atoms with Gasteiger partial charge in [-0.05, 0) is 36.0 Å². The summed E-state index contributed by atoms with van der Waals surface area (Å²) in [7, 11) is 0. The molecule has 0 saturated carbocycles. The lowest BCUT2D eigenvalue weighted by Crippen LogP contribution is -2.34. The first kappa shape index (κ1) is 18.7. The molecule has 142 valence electrons. The van der Waals surface area contributed by atoms with Crippen LogP contribution in [-0.2, 0) is 17.6 Å². The Bertz CT molecular complexity index is 826. The van der Waals surface area contributed by atoms with Crippen molar-refractivity contribution in [3.05, 3.63) is 114 Å². The van der Waals surface area contributed by atoms with Gasteiger partial charge >= 0.3 is 0 Å². The van der Waals surface area contributed by atoms with E-state index in [1.807, 2.05) is 0 Å². The fourth-order valence-electron chi connectivity index (χ4n) is 4.24. The standard InChI is InChI=1S/C27H28O/c1-4-11-23(12-5-1)17-10-18-26-19-20-27(28-26,21-24-13-6-2-7-14-24)22-25-15-8-3-9-16-25/h1-17,26H,18-22H2/b17-10+. The maximum absolute atomic E-state index is 6.74. The molecule has 1 heteroatoms. The van der Waals surface area contributed by atoms with Crippen molar-refractivity contribution in [1.29, 1.82) is 0 Å². The van der Waals surface area contributed by atoms with Crippen molar-refractivity contribution >= 4 is 6.08 Å². The predicted molar refractivity (Wildman–Crippen MR) is 117 cm³/mol. The molecule has 1 aliphatic rings. The summed E-state index contributed by atoms with van der Waals surface area (Å²) in [6.45, 7) is 0. The smallest absolute Gasteiger partial charge is 0.0767 e. The molecule has 0 amide bonds. The average molecular weight is 369 g/mol. The van der Waals surface area contributed by atoms with Crippen LogP contribution in [0.15, 0.2) is 97.1 Å². The van der Waals surface area contributed by atoms with Crippen molar-refractivity contribution in [2.24, 2.45) is 0 Å². The van der Waals surface area contributed by atoms with Crippen LogP contribution in [0.1, 0.15) is 36.0 Å². The minimum atomic E-state index is -0.103. The molecule has 1 heterocycles. The number of hydrogen-bond donors (Lipinski definition) is 0. The Kier molecular flexibility index (Phi) is 6.04. The summed E-state index contributed by atoms with van der Waals surface area (Å²) >= 11 is 0. The third-order valence-corrected chi connectivity index (χ3v) is 5.59. The Labute approximate surface area is 168 Å². The fourth-order valence-corrected chi connectivity index (χ4v) is 4.24. The van der Waals surface area contributed by atoms with Gasteiger partial charge in [-0.3, -0.25) is 0 Å². The molecule has 0 aliphatic carbocycles. The average Bonchev–Trinajstić information content (AvgIpc) is 3.12. The Hall–Kier alpha value is -2.64. The molecular weight excluding hydrogens is 340 g/mol. The van der Waals surface area contributed by atoms with E-state index in [4.69, 9.17) is 4.74 Å². The van der Waals surface area contributed by atoms with Crippen LogP contribution in [0.5, 0.6) is 0 Å². The maximum atomic E-state index is 6.74. The van der Waals surface area contributed by atoms with E-state index in [1.54, 1.807) is 0 Å². The van der Waals surface area contributed by atoms with Gasteiger partial charge in [0.1, 0.15) is 0 Å². The van der Waals surface area contributed by atoms with Gasteiger partial charge in [-0.1, -0.05) is 103 Å². The molecule has 1 saturated heterocycles. The summed E-state index contributed by atoms with van der Waals surface area (Å²) < 4.78 is 6.74. The molecule has 0 N–H and O–H groups in total. The minimum absolute atomic E-state index is 0.103. The zero-order valence-electron chi connectivity index (χ0n) is 16.3. The lowest BCUT2D eigenvalue weighted by Gasteiger charge is -2.30. The molecule has 0 aromatic heterocycles. The van der Waals surface area contributed by atoms with Crippen molar-refractivity contribution in [2.45, 2.75) is 43.8 Å². The van der Waals surface area contributed by atoms with Crippen molar-refractivity contribution in [3.8, 4) is 0 Å². The van der Waals surface area contributed by atoms with E-state index >= 15 is 0 Å². The number of benzene rings is 3. The molecule has 4 rings (SSSR count). The molecule has 28 heavy (non-hydrogen) atoms. The summed E-state index contributed by atoms with van der Waals surface area (Å²) in [4.78, 5) is 0. The van der Waals surface area contributed by atoms with Crippen LogP contribution in [0.2, 0.25) is 0 Å². The van der Waals surface area contributed by atoms with Crippen LogP contribution in [0.4, 0.5) is 0 Å². The first-order chi connectivity index (χ1) is 13.8. The Morgan fingerprint density at radius 3 is 1.86 bits per heavy atom. The van der Waals surface area contributed by atoms with Gasteiger partial charge in [-0.2, -0.15) is 0 Å². The second kappa shape index (κ2) is 9.03. The lowest BCUT2D eigenvalue weighted by atomic mass is 9.85. The van der Waals surface area contributed by atoms with Gasteiger partial charge < -0.3 is 4.74 Å². The van der Waals surface area contributed by atoms with E-state index < -0.39 is 0 Å². The summed E-state index contributed by atoms with van der Waals surface area (Å²) in [5, 5.41) is 0. The maximum Gasteiger partial charge on any atom is 0.0767 e. The van der Waals surface area contributed by atoms with E-state index in [0.717, 1.165) is 32.1 Å². The van der Waals surface area contributed by atoms with Gasteiger partial charge in [0.2, 0.25) is 0 Å². The highest BCUT2D eigenvalue weighted by molar-refractivity contribution is 5.48. The summed E-state index contributed by atoms with van der Waals surface area (Å²) in [5.41, 5.74) is 3.87. The second-order valence-corrected chi connectivity index (χ2v) is 7.84. The van der Waals surface area contributed by atoms with E-state index in [9.17, 15) is 0 Å². The highest BCUT2D eigenvalue weighted by Gasteiger charge is 2.39. The zero-order chi connectivity index (χ0) is 19.1. The van der Waals surface area contributed by atoms with Gasteiger partial charge in [0.25, 0.3) is 0 Å². The Morgan fingerprint density at radius 1 is 0.750 bits per heavy atom. The summed E-state index contributed by atoms with van der Waals surface area (Å²) in [6, 6.07) is 32.0. The Morgan fingerprint density at radius 2 is 1.29 bits per heavy atom. The molecule has 1 aliphatic heterocycles. The number of hydrogen-bond acceptors (Lipinski definition) is 1. The fraction of sp³-hybridized carbons (Fsp3) is 0.259. The van der Waals surface area contributed by atoms with E-state index in [-0.39, 0.29) is 5.60 Å². The van der Waals surface area contributed by atoms with E-state index in [2.05, 4.69) is 103 Å². The van der Waals surface area contributed by atoms with Crippen LogP contribution in [0.25, 0.3) is 6.08 Å². The van der Waals surface area contributed by atoms with Crippen LogP contribution in [-0.4, -0.2) is 11.7 Å². The van der Waals surface area contributed by atoms with Gasteiger partial charge in [0, 0.05) is 12.8 Å². The van der Waals surface area contributed by atoms with Gasteiger partial charge in [0.15, 0.2) is 0 Å². The highest BCUT2D eigenvalue weighted by Crippen LogP contribution is 2.38. The topological polar surface area (TPSA) is 9.23 Å². The molecule has 3 aromatic carbocycles. The zero-order valence-corrected chi connectivity index (χ0v) is 16.3. The largest absolute Gasteiger partial charge is 0.371 e. The van der Waals surface area contributed by atoms with Crippen LogP contribution in [0.3, 0.4) is 0 Å². The van der Waals surface area contributed by atoms with Crippen LogP contribution >= 0.6 is 0 Å². The molecule has 0 radical (unpaired) electrons. The second-order valence-electron chi connectivity index (χ2n) is 7.84. The summed E-state index contributed by atoms with van der Waals surface area (Å²) in [5.74, 6) is 0. The molecular formula is C27H28O. The van der Waals surface area contributed by atoms with Crippen LogP contribution < -0.4 is 0 Å². The Balaban J connectivity index is 1.46. The number of rotatable bonds is 7.